The SMILES string of the molecule is CC(C)NCCCN1CCN2C(=O)NCC2C1. The average Bonchev–Trinajstić information content (AvgIpc) is 2.66. The highest BCUT2D eigenvalue weighted by atomic mass is 16.2. The lowest BCUT2D eigenvalue weighted by Crippen LogP contribution is -2.52. The number of rotatable bonds is 5. The van der Waals surface area contributed by atoms with Crippen molar-refractivity contribution in [2.45, 2.75) is 32.4 Å². The minimum Gasteiger partial charge on any atom is -0.336 e. The molecule has 0 aromatic carbocycles. The Labute approximate surface area is 104 Å². The van der Waals surface area contributed by atoms with Crippen molar-refractivity contribution in [2.24, 2.45) is 0 Å². The van der Waals surface area contributed by atoms with Crippen molar-refractivity contribution >= 4 is 6.03 Å². The number of carbonyl (C=O) groups excluding carboxylic acids is 1. The Hall–Kier alpha value is -0.810. The van der Waals surface area contributed by atoms with E-state index in [9.17, 15) is 4.79 Å². The molecule has 2 aliphatic rings. The summed E-state index contributed by atoms with van der Waals surface area (Å²) in [5.41, 5.74) is 0. The molecule has 1 unspecified atom stereocenters. The highest BCUT2D eigenvalue weighted by Crippen LogP contribution is 2.13. The molecule has 2 fully saturated rings. The van der Waals surface area contributed by atoms with Crippen LogP contribution in [-0.4, -0.2) is 67.2 Å². The van der Waals surface area contributed by atoms with Crippen LogP contribution in [-0.2, 0) is 0 Å². The summed E-state index contributed by atoms with van der Waals surface area (Å²) in [6.45, 7) is 10.3. The first-order chi connectivity index (χ1) is 8.16. The second kappa shape index (κ2) is 5.69. The van der Waals surface area contributed by atoms with Gasteiger partial charge < -0.3 is 15.5 Å². The topological polar surface area (TPSA) is 47.6 Å². The van der Waals surface area contributed by atoms with E-state index in [1.54, 1.807) is 0 Å². The third-order valence-corrected chi connectivity index (χ3v) is 3.52. The van der Waals surface area contributed by atoms with Crippen LogP contribution in [0.25, 0.3) is 0 Å². The van der Waals surface area contributed by atoms with Crippen LogP contribution in [0.2, 0.25) is 0 Å². The minimum absolute atomic E-state index is 0.121. The van der Waals surface area contributed by atoms with Gasteiger partial charge in [0.15, 0.2) is 0 Å². The van der Waals surface area contributed by atoms with Crippen LogP contribution in [0.5, 0.6) is 0 Å². The first-order valence-electron chi connectivity index (χ1n) is 6.67. The van der Waals surface area contributed by atoms with Gasteiger partial charge in [-0.1, -0.05) is 13.8 Å². The average molecular weight is 240 g/mol. The molecule has 1 atom stereocenters. The van der Waals surface area contributed by atoms with Gasteiger partial charge in [-0.25, -0.2) is 4.79 Å². The molecule has 2 amide bonds. The van der Waals surface area contributed by atoms with Crippen LogP contribution >= 0.6 is 0 Å². The third-order valence-electron chi connectivity index (χ3n) is 3.52. The maximum absolute atomic E-state index is 11.4. The van der Waals surface area contributed by atoms with E-state index in [4.69, 9.17) is 0 Å². The van der Waals surface area contributed by atoms with E-state index in [-0.39, 0.29) is 6.03 Å². The van der Waals surface area contributed by atoms with Gasteiger partial charge in [0.2, 0.25) is 0 Å². The lowest BCUT2D eigenvalue weighted by Gasteiger charge is -2.36. The maximum atomic E-state index is 11.4. The smallest absolute Gasteiger partial charge is 0.317 e. The second-order valence-corrected chi connectivity index (χ2v) is 5.30. The van der Waals surface area contributed by atoms with Crippen molar-refractivity contribution in [1.82, 2.24) is 20.4 Å². The standard InChI is InChI=1S/C12H24N4O/c1-10(2)13-4-3-5-15-6-7-16-11(9-15)8-14-12(16)17/h10-11,13H,3-9H2,1-2H3,(H,14,17). The van der Waals surface area contributed by atoms with Gasteiger partial charge in [0, 0.05) is 32.2 Å². The molecule has 0 saturated carbocycles. The van der Waals surface area contributed by atoms with Gasteiger partial charge in [-0.05, 0) is 19.5 Å². The summed E-state index contributed by atoms with van der Waals surface area (Å²) in [5.74, 6) is 0. The zero-order valence-electron chi connectivity index (χ0n) is 10.9. The summed E-state index contributed by atoms with van der Waals surface area (Å²) >= 11 is 0. The number of carbonyl (C=O) groups is 1. The summed E-state index contributed by atoms with van der Waals surface area (Å²) in [6.07, 6.45) is 1.19. The number of hydrogen-bond acceptors (Lipinski definition) is 3. The Morgan fingerprint density at radius 2 is 2.29 bits per heavy atom. The number of nitrogens with zero attached hydrogens (tertiary/aromatic N) is 2. The molecule has 2 saturated heterocycles. The second-order valence-electron chi connectivity index (χ2n) is 5.30. The first kappa shape index (κ1) is 12.6. The molecule has 0 spiro atoms. The first-order valence-corrected chi connectivity index (χ1v) is 6.67. The van der Waals surface area contributed by atoms with Crippen LogP contribution in [0, 0.1) is 0 Å². The molecule has 17 heavy (non-hydrogen) atoms. The van der Waals surface area contributed by atoms with E-state index in [1.165, 1.54) is 6.42 Å². The van der Waals surface area contributed by atoms with Gasteiger partial charge in [0.1, 0.15) is 0 Å². The largest absolute Gasteiger partial charge is 0.336 e. The predicted octanol–water partition coefficient (Wildman–Crippen LogP) is 0.0839. The molecule has 0 radical (unpaired) electrons. The lowest BCUT2D eigenvalue weighted by atomic mass is 10.2. The molecule has 2 rings (SSSR count). The van der Waals surface area contributed by atoms with Gasteiger partial charge in [-0.15, -0.1) is 0 Å². The number of nitrogens with one attached hydrogen (secondary N) is 2. The van der Waals surface area contributed by atoms with Crippen molar-refractivity contribution in [1.29, 1.82) is 0 Å². The molecule has 2 heterocycles. The number of piperazine rings is 1. The zero-order chi connectivity index (χ0) is 12.3. The van der Waals surface area contributed by atoms with Gasteiger partial charge in [-0.2, -0.15) is 0 Å². The monoisotopic (exact) mass is 240 g/mol. The normalized spacial score (nSPS) is 25.2. The van der Waals surface area contributed by atoms with Crippen molar-refractivity contribution in [3.05, 3.63) is 0 Å². The van der Waals surface area contributed by atoms with Crippen molar-refractivity contribution in [3.63, 3.8) is 0 Å². The van der Waals surface area contributed by atoms with Crippen LogP contribution in [0.4, 0.5) is 4.79 Å². The lowest BCUT2D eigenvalue weighted by molar-refractivity contribution is 0.120. The highest BCUT2D eigenvalue weighted by molar-refractivity contribution is 5.77. The van der Waals surface area contributed by atoms with E-state index in [1.807, 2.05) is 4.90 Å². The van der Waals surface area contributed by atoms with E-state index in [2.05, 4.69) is 29.4 Å². The van der Waals surface area contributed by atoms with Crippen LogP contribution in [0.1, 0.15) is 20.3 Å². The molecule has 2 N–H and O–H groups in total. The fraction of sp³-hybridized carbons (Fsp3) is 0.917. The molecule has 0 aliphatic carbocycles. The summed E-state index contributed by atoms with van der Waals surface area (Å²) in [7, 11) is 0. The molecule has 0 aromatic heterocycles. The molecular weight excluding hydrogens is 216 g/mol. The van der Waals surface area contributed by atoms with Gasteiger partial charge in [-0.3, -0.25) is 4.90 Å². The number of amides is 2. The van der Waals surface area contributed by atoms with Crippen LogP contribution < -0.4 is 10.6 Å². The third kappa shape index (κ3) is 3.33. The number of fused-ring (bicyclic) bond motifs is 1. The van der Waals surface area contributed by atoms with Crippen molar-refractivity contribution in [2.75, 3.05) is 39.3 Å². The maximum Gasteiger partial charge on any atom is 0.317 e. The predicted molar refractivity (Wildman–Crippen MR) is 68.1 cm³/mol. The van der Waals surface area contributed by atoms with E-state index in [0.717, 1.165) is 39.3 Å². The van der Waals surface area contributed by atoms with Gasteiger partial charge in [0.25, 0.3) is 0 Å². The Balaban J connectivity index is 1.65. The quantitative estimate of drug-likeness (QED) is 0.669. The highest BCUT2D eigenvalue weighted by Gasteiger charge is 2.34. The summed E-state index contributed by atoms with van der Waals surface area (Å²) in [5, 5.41) is 6.35. The van der Waals surface area contributed by atoms with Gasteiger partial charge >= 0.3 is 6.03 Å². The molecule has 0 aromatic rings. The Kier molecular flexibility index (Phi) is 4.23. The number of urea groups is 1. The van der Waals surface area contributed by atoms with Crippen molar-refractivity contribution in [3.8, 4) is 0 Å². The molecular formula is C12H24N4O. The Morgan fingerprint density at radius 3 is 3.06 bits per heavy atom. The minimum atomic E-state index is 0.121. The van der Waals surface area contributed by atoms with Crippen LogP contribution in [0.15, 0.2) is 0 Å². The summed E-state index contributed by atoms with van der Waals surface area (Å²) in [6, 6.07) is 1.09. The fourth-order valence-electron chi connectivity index (χ4n) is 2.56. The molecule has 5 heteroatoms. The Morgan fingerprint density at radius 1 is 1.47 bits per heavy atom. The van der Waals surface area contributed by atoms with Gasteiger partial charge in [0.05, 0.1) is 6.04 Å². The Bertz CT molecular complexity index is 269. The zero-order valence-corrected chi connectivity index (χ0v) is 10.9. The fourth-order valence-corrected chi connectivity index (χ4v) is 2.56. The van der Waals surface area contributed by atoms with E-state index < -0.39 is 0 Å². The summed E-state index contributed by atoms with van der Waals surface area (Å²) < 4.78 is 0. The van der Waals surface area contributed by atoms with E-state index in [0.29, 0.717) is 12.1 Å². The molecule has 0 bridgehead atoms. The molecule has 98 valence electrons. The molecule has 5 nitrogen and oxygen atoms in total. The van der Waals surface area contributed by atoms with E-state index >= 15 is 0 Å². The summed E-state index contributed by atoms with van der Waals surface area (Å²) in [4.78, 5) is 15.9. The number of hydrogen-bond donors (Lipinski definition) is 2. The van der Waals surface area contributed by atoms with Crippen molar-refractivity contribution < 1.29 is 4.79 Å². The molecule has 2 aliphatic heterocycles. The van der Waals surface area contributed by atoms with Crippen LogP contribution in [0.3, 0.4) is 0 Å².